The quantitative estimate of drug-likeness (QED) is 0.232. The summed E-state index contributed by atoms with van der Waals surface area (Å²) < 4.78 is 20.2. The van der Waals surface area contributed by atoms with Gasteiger partial charge in [-0.2, -0.15) is 5.10 Å². The van der Waals surface area contributed by atoms with Crippen molar-refractivity contribution in [1.29, 1.82) is 0 Å². The van der Waals surface area contributed by atoms with E-state index in [0.29, 0.717) is 12.4 Å². The first kappa shape index (κ1) is 23.8. The molecule has 7 heteroatoms. The van der Waals surface area contributed by atoms with Crippen LogP contribution in [0.5, 0.6) is 5.75 Å². The van der Waals surface area contributed by atoms with Crippen LogP contribution in [0.1, 0.15) is 11.1 Å². The highest BCUT2D eigenvalue weighted by Gasteiger charge is 2.15. The number of H-pyrrole nitrogens is 2. The van der Waals surface area contributed by atoms with Crippen LogP contribution in [-0.2, 0) is 6.61 Å². The minimum absolute atomic E-state index is 0.266. The van der Waals surface area contributed by atoms with Gasteiger partial charge in [-0.05, 0) is 65.6 Å². The summed E-state index contributed by atoms with van der Waals surface area (Å²) in [6.45, 7) is 2.36. The molecule has 0 radical (unpaired) electrons. The average Bonchev–Trinajstić information content (AvgIpc) is 3.60. The van der Waals surface area contributed by atoms with Crippen molar-refractivity contribution in [1.82, 2.24) is 25.1 Å². The second-order valence-corrected chi connectivity index (χ2v) is 9.86. The summed E-state index contributed by atoms with van der Waals surface area (Å²) in [5.74, 6) is 0.440. The van der Waals surface area contributed by atoms with E-state index < -0.39 is 0 Å². The molecule has 0 aliphatic carbocycles. The summed E-state index contributed by atoms with van der Waals surface area (Å²) in [7, 11) is 0. The molecule has 0 fully saturated rings. The van der Waals surface area contributed by atoms with Gasteiger partial charge in [0.15, 0.2) is 0 Å². The van der Waals surface area contributed by atoms with E-state index >= 15 is 0 Å². The number of benzene rings is 3. The molecule has 40 heavy (non-hydrogen) atoms. The molecule has 4 aromatic heterocycles. The number of nitrogens with one attached hydrogen (secondary N) is 2. The Bertz CT molecular complexity index is 1970. The van der Waals surface area contributed by atoms with Gasteiger partial charge in [0.1, 0.15) is 23.9 Å². The number of aromatic nitrogens is 5. The number of pyridine rings is 2. The Labute approximate surface area is 229 Å². The van der Waals surface area contributed by atoms with Crippen LogP contribution >= 0.6 is 0 Å². The van der Waals surface area contributed by atoms with Crippen molar-refractivity contribution in [2.45, 2.75) is 13.5 Å². The summed E-state index contributed by atoms with van der Waals surface area (Å²) in [5, 5.41) is 9.70. The van der Waals surface area contributed by atoms with Crippen molar-refractivity contribution < 1.29 is 9.13 Å². The third-order valence-corrected chi connectivity index (χ3v) is 7.01. The fourth-order valence-electron chi connectivity index (χ4n) is 5.10. The lowest BCUT2D eigenvalue weighted by molar-refractivity contribution is 0.305. The summed E-state index contributed by atoms with van der Waals surface area (Å²) in [5.41, 5.74) is 8.97. The van der Waals surface area contributed by atoms with Gasteiger partial charge in [-0.15, -0.1) is 0 Å². The summed E-state index contributed by atoms with van der Waals surface area (Å²) >= 11 is 0. The largest absolute Gasteiger partial charge is 0.487 e. The van der Waals surface area contributed by atoms with Crippen LogP contribution in [0.25, 0.3) is 55.4 Å². The molecule has 0 saturated heterocycles. The Morgan fingerprint density at radius 1 is 0.750 bits per heavy atom. The van der Waals surface area contributed by atoms with Gasteiger partial charge in [-0.25, -0.2) is 4.39 Å². The topological polar surface area (TPSA) is 79.5 Å². The molecule has 6 nitrogen and oxygen atoms in total. The second kappa shape index (κ2) is 9.78. The molecular weight excluding hydrogens is 501 g/mol. The SMILES string of the molecule is Cc1cc(F)cc(-c2cncc3[nH]c(-c4n[nH]c5ccc(-c6cncc(OCc7ccccc7)c6)cc45)cc23)c1. The Balaban J connectivity index is 1.25. The van der Waals surface area contributed by atoms with E-state index in [2.05, 4.69) is 37.3 Å². The molecular formula is C33H24FN5O. The number of nitrogens with zero attached hydrogens (tertiary/aromatic N) is 3. The molecule has 0 spiro atoms. The van der Waals surface area contributed by atoms with Gasteiger partial charge in [-0.1, -0.05) is 42.5 Å². The normalized spacial score (nSPS) is 11.3. The van der Waals surface area contributed by atoms with Crippen molar-refractivity contribution in [2.75, 3.05) is 0 Å². The van der Waals surface area contributed by atoms with Gasteiger partial charge in [0.05, 0.1) is 29.1 Å². The third-order valence-electron chi connectivity index (χ3n) is 7.01. The molecule has 0 atom stereocenters. The summed E-state index contributed by atoms with van der Waals surface area (Å²) in [4.78, 5) is 12.3. The summed E-state index contributed by atoms with van der Waals surface area (Å²) in [6, 6.07) is 25.3. The average molecular weight is 526 g/mol. The molecule has 2 N–H and O–H groups in total. The molecule has 0 saturated carbocycles. The van der Waals surface area contributed by atoms with Crippen LogP contribution in [0.2, 0.25) is 0 Å². The number of hydrogen-bond acceptors (Lipinski definition) is 4. The zero-order chi connectivity index (χ0) is 27.1. The first-order chi connectivity index (χ1) is 19.6. The summed E-state index contributed by atoms with van der Waals surface area (Å²) in [6.07, 6.45) is 7.11. The van der Waals surface area contributed by atoms with Gasteiger partial charge in [-0.3, -0.25) is 15.1 Å². The molecule has 4 heterocycles. The highest BCUT2D eigenvalue weighted by Crippen LogP contribution is 2.35. The van der Waals surface area contributed by atoms with Crippen LogP contribution in [-0.4, -0.2) is 25.1 Å². The molecule has 7 rings (SSSR count). The first-order valence-corrected chi connectivity index (χ1v) is 13.0. The Morgan fingerprint density at radius 3 is 2.50 bits per heavy atom. The molecule has 0 amide bonds. The predicted molar refractivity (Wildman–Crippen MR) is 155 cm³/mol. The zero-order valence-electron chi connectivity index (χ0n) is 21.6. The Hall–Kier alpha value is -5.30. The minimum Gasteiger partial charge on any atom is -0.487 e. The van der Waals surface area contributed by atoms with Crippen LogP contribution in [0.15, 0.2) is 104 Å². The van der Waals surface area contributed by atoms with E-state index in [-0.39, 0.29) is 5.82 Å². The van der Waals surface area contributed by atoms with Gasteiger partial charge < -0.3 is 9.72 Å². The van der Waals surface area contributed by atoms with E-state index in [0.717, 1.165) is 66.6 Å². The van der Waals surface area contributed by atoms with Crippen LogP contribution in [0.3, 0.4) is 0 Å². The van der Waals surface area contributed by atoms with E-state index in [1.165, 1.54) is 12.1 Å². The zero-order valence-corrected chi connectivity index (χ0v) is 21.6. The van der Waals surface area contributed by atoms with Crippen molar-refractivity contribution >= 4 is 21.8 Å². The second-order valence-electron chi connectivity index (χ2n) is 9.86. The first-order valence-electron chi connectivity index (χ1n) is 13.0. The number of hydrogen-bond donors (Lipinski definition) is 2. The van der Waals surface area contributed by atoms with Crippen LogP contribution in [0, 0.1) is 12.7 Å². The van der Waals surface area contributed by atoms with Gasteiger partial charge in [0.25, 0.3) is 0 Å². The molecule has 0 aliphatic rings. The lowest BCUT2D eigenvalue weighted by atomic mass is 10.0. The fourth-order valence-corrected chi connectivity index (χ4v) is 5.10. The standard InChI is InChI=1S/C33H24FN5O/c1-20-9-23(11-25(34)10-20)29-17-36-18-32-27(29)14-31(37-32)33-28-13-22(7-8-30(28)38-39-33)24-12-26(16-35-15-24)40-19-21-5-3-2-4-6-21/h2-18,37H,19H2,1H3,(H,38,39). The molecule has 0 bridgehead atoms. The maximum atomic E-state index is 14.2. The van der Waals surface area contributed by atoms with Gasteiger partial charge in [0.2, 0.25) is 0 Å². The highest BCUT2D eigenvalue weighted by atomic mass is 19.1. The molecule has 7 aromatic rings. The highest BCUT2D eigenvalue weighted by molar-refractivity contribution is 6.01. The van der Waals surface area contributed by atoms with Crippen LogP contribution in [0.4, 0.5) is 4.39 Å². The lowest BCUT2D eigenvalue weighted by Crippen LogP contribution is -1.95. The van der Waals surface area contributed by atoms with Crippen molar-refractivity contribution in [3.63, 3.8) is 0 Å². The monoisotopic (exact) mass is 525 g/mol. The Kier molecular flexibility index (Phi) is 5.82. The number of fused-ring (bicyclic) bond motifs is 2. The number of ether oxygens (including phenoxy) is 1. The number of aryl methyl sites for hydroxylation is 1. The van der Waals surface area contributed by atoms with Crippen molar-refractivity contribution in [2.24, 2.45) is 0 Å². The molecule has 0 unspecified atom stereocenters. The van der Waals surface area contributed by atoms with Gasteiger partial charge in [0, 0.05) is 34.3 Å². The minimum atomic E-state index is -0.266. The van der Waals surface area contributed by atoms with Crippen molar-refractivity contribution in [3.05, 3.63) is 121 Å². The maximum absolute atomic E-state index is 14.2. The van der Waals surface area contributed by atoms with Crippen molar-refractivity contribution in [3.8, 4) is 39.4 Å². The molecule has 194 valence electrons. The third kappa shape index (κ3) is 4.47. The molecule has 0 aliphatic heterocycles. The van der Waals surface area contributed by atoms with E-state index in [1.54, 1.807) is 18.6 Å². The van der Waals surface area contributed by atoms with Gasteiger partial charge >= 0.3 is 0 Å². The predicted octanol–water partition coefficient (Wildman–Crippen LogP) is 7.86. The number of rotatable bonds is 6. The van der Waals surface area contributed by atoms with Crippen LogP contribution < -0.4 is 4.74 Å². The molecule has 3 aromatic carbocycles. The number of halogens is 1. The van der Waals surface area contributed by atoms with E-state index in [9.17, 15) is 4.39 Å². The smallest absolute Gasteiger partial charge is 0.138 e. The number of aromatic amines is 2. The fraction of sp³-hybridized carbons (Fsp3) is 0.0606. The van der Waals surface area contributed by atoms with E-state index in [1.807, 2.05) is 67.7 Å². The van der Waals surface area contributed by atoms with E-state index in [4.69, 9.17) is 4.74 Å². The lowest BCUT2D eigenvalue weighted by Gasteiger charge is -2.08. The Morgan fingerprint density at radius 2 is 1.62 bits per heavy atom. The maximum Gasteiger partial charge on any atom is 0.138 e.